The summed E-state index contributed by atoms with van der Waals surface area (Å²) in [6.07, 6.45) is 14.6. The third-order valence-electron chi connectivity index (χ3n) is 11.1. The Kier molecular flexibility index (Phi) is 6.54. The van der Waals surface area contributed by atoms with E-state index in [4.69, 9.17) is 4.74 Å². The van der Waals surface area contributed by atoms with Crippen LogP contribution in [0.4, 0.5) is 0 Å². The van der Waals surface area contributed by atoms with E-state index < -0.39 is 0 Å². The molecule has 4 saturated carbocycles. The van der Waals surface area contributed by atoms with E-state index >= 15 is 0 Å². The van der Waals surface area contributed by atoms with E-state index in [2.05, 4.69) is 20.8 Å². The minimum atomic E-state index is -0.0601. The summed E-state index contributed by atoms with van der Waals surface area (Å²) < 4.78 is 4.84. The van der Waals surface area contributed by atoms with Gasteiger partial charge in [0.1, 0.15) is 0 Å². The van der Waals surface area contributed by atoms with Crippen molar-refractivity contribution in [3.05, 3.63) is 11.3 Å². The minimum Gasteiger partial charge on any atom is -0.513 e. The van der Waals surface area contributed by atoms with E-state index in [1.807, 2.05) is 6.92 Å². The molecule has 176 valence electrons. The Labute approximate surface area is 190 Å². The van der Waals surface area contributed by atoms with Crippen LogP contribution in [0.25, 0.3) is 0 Å². The molecule has 0 unspecified atom stereocenters. The molecule has 0 spiro atoms. The van der Waals surface area contributed by atoms with Gasteiger partial charge in [-0.05, 0) is 129 Å². The van der Waals surface area contributed by atoms with Crippen LogP contribution in [0.15, 0.2) is 11.3 Å². The van der Waals surface area contributed by atoms with Crippen LogP contribution < -0.4 is 0 Å². The summed E-state index contributed by atoms with van der Waals surface area (Å²) >= 11 is 0. The van der Waals surface area contributed by atoms with E-state index in [0.29, 0.717) is 28.9 Å². The molecule has 0 bridgehead atoms. The SMILES string of the molecule is COC(=O)CCC[C@@H](C)[C@H]1CC[C@H]2[C@@H]3CC[C@H]4C/C(=C(\C)O)CC[C@]4(C)[C@H]3CC[C@]12C. The van der Waals surface area contributed by atoms with Crippen LogP contribution in [0.5, 0.6) is 0 Å². The number of rotatable bonds is 5. The summed E-state index contributed by atoms with van der Waals surface area (Å²) in [6.45, 7) is 9.59. The second-order valence-electron chi connectivity index (χ2n) is 12.2. The van der Waals surface area contributed by atoms with Crippen molar-refractivity contribution in [1.29, 1.82) is 0 Å². The lowest BCUT2D eigenvalue weighted by Gasteiger charge is -2.61. The number of fused-ring (bicyclic) bond motifs is 5. The third-order valence-corrected chi connectivity index (χ3v) is 11.1. The molecule has 0 aromatic carbocycles. The molecule has 3 heteroatoms. The molecule has 1 N–H and O–H groups in total. The minimum absolute atomic E-state index is 0.0601. The maximum Gasteiger partial charge on any atom is 0.305 e. The number of hydrogen-bond acceptors (Lipinski definition) is 3. The second kappa shape index (κ2) is 8.75. The molecule has 0 amide bonds. The summed E-state index contributed by atoms with van der Waals surface area (Å²) in [5.41, 5.74) is 2.31. The highest BCUT2D eigenvalue weighted by Gasteiger charge is 2.60. The van der Waals surface area contributed by atoms with Crippen LogP contribution in [-0.2, 0) is 9.53 Å². The third kappa shape index (κ3) is 3.97. The van der Waals surface area contributed by atoms with Gasteiger partial charge in [0.2, 0.25) is 0 Å². The first-order valence-corrected chi connectivity index (χ1v) is 13.1. The van der Waals surface area contributed by atoms with Crippen LogP contribution >= 0.6 is 0 Å². The molecular weight excluding hydrogens is 384 g/mol. The Morgan fingerprint density at radius 3 is 2.55 bits per heavy atom. The molecule has 0 aliphatic heterocycles. The Morgan fingerprint density at radius 2 is 1.84 bits per heavy atom. The molecule has 0 aromatic rings. The quantitative estimate of drug-likeness (QED) is 0.364. The van der Waals surface area contributed by atoms with Gasteiger partial charge in [-0.3, -0.25) is 4.79 Å². The van der Waals surface area contributed by atoms with Gasteiger partial charge in [0.15, 0.2) is 0 Å². The average molecular weight is 431 g/mol. The second-order valence-corrected chi connectivity index (χ2v) is 12.2. The van der Waals surface area contributed by atoms with Gasteiger partial charge in [0, 0.05) is 6.42 Å². The standard InChI is InChI=1S/C28H46O3/c1-18(7-6-8-26(30)31-5)23-11-12-24-22-10-9-21-17-20(19(2)29)13-15-27(21,3)25(22)14-16-28(23,24)4/h18,21-25,29H,6-17H2,1-5H3/b20-19+/t18-,21+,22+,23-,24+,25+,27+,28-/m1/s1. The van der Waals surface area contributed by atoms with Crippen LogP contribution in [0.1, 0.15) is 105 Å². The van der Waals surface area contributed by atoms with Gasteiger partial charge in [-0.15, -0.1) is 0 Å². The Balaban J connectivity index is 1.45. The van der Waals surface area contributed by atoms with Crippen molar-refractivity contribution in [2.24, 2.45) is 46.3 Å². The number of hydrogen-bond donors (Lipinski definition) is 1. The molecule has 4 aliphatic carbocycles. The largest absolute Gasteiger partial charge is 0.513 e. The lowest BCUT2D eigenvalue weighted by Crippen LogP contribution is -2.53. The molecule has 4 aliphatic rings. The first-order chi connectivity index (χ1) is 14.7. The van der Waals surface area contributed by atoms with Gasteiger partial charge in [-0.25, -0.2) is 0 Å². The molecule has 3 nitrogen and oxygen atoms in total. The predicted octanol–water partition coefficient (Wildman–Crippen LogP) is 7.46. The number of methoxy groups -OCH3 is 1. The Hall–Kier alpha value is -0.990. The van der Waals surface area contributed by atoms with E-state index in [0.717, 1.165) is 55.3 Å². The number of allylic oxidation sites excluding steroid dienone is 2. The van der Waals surface area contributed by atoms with Crippen molar-refractivity contribution in [2.45, 2.75) is 105 Å². The van der Waals surface area contributed by atoms with Crippen molar-refractivity contribution in [2.75, 3.05) is 7.11 Å². The highest BCUT2D eigenvalue weighted by atomic mass is 16.5. The van der Waals surface area contributed by atoms with Crippen molar-refractivity contribution < 1.29 is 14.6 Å². The number of ether oxygens (including phenoxy) is 1. The topological polar surface area (TPSA) is 46.5 Å². The first kappa shape index (κ1) is 23.2. The number of carbonyl (C=O) groups is 1. The van der Waals surface area contributed by atoms with Gasteiger partial charge >= 0.3 is 5.97 Å². The fourth-order valence-corrected chi connectivity index (χ4v) is 9.25. The van der Waals surface area contributed by atoms with Crippen molar-refractivity contribution in [3.8, 4) is 0 Å². The highest BCUT2D eigenvalue weighted by Crippen LogP contribution is 2.68. The van der Waals surface area contributed by atoms with Gasteiger partial charge in [-0.1, -0.05) is 20.8 Å². The molecule has 4 rings (SSSR count). The summed E-state index contributed by atoms with van der Waals surface area (Å²) in [6, 6.07) is 0. The molecule has 0 aromatic heterocycles. The van der Waals surface area contributed by atoms with Crippen LogP contribution in [0, 0.1) is 46.3 Å². The number of esters is 1. The summed E-state index contributed by atoms with van der Waals surface area (Å²) in [7, 11) is 1.50. The lowest BCUT2D eigenvalue weighted by molar-refractivity contribution is -0.140. The monoisotopic (exact) mass is 430 g/mol. The van der Waals surface area contributed by atoms with Crippen LogP contribution in [-0.4, -0.2) is 18.2 Å². The van der Waals surface area contributed by atoms with Crippen molar-refractivity contribution >= 4 is 5.97 Å². The molecule has 0 radical (unpaired) electrons. The molecule has 0 saturated heterocycles. The summed E-state index contributed by atoms with van der Waals surface area (Å²) in [4.78, 5) is 11.5. The maximum absolute atomic E-state index is 11.5. The average Bonchev–Trinajstić information content (AvgIpc) is 3.10. The van der Waals surface area contributed by atoms with Crippen molar-refractivity contribution in [3.63, 3.8) is 0 Å². The van der Waals surface area contributed by atoms with E-state index in [1.165, 1.54) is 57.6 Å². The fourth-order valence-electron chi connectivity index (χ4n) is 9.25. The van der Waals surface area contributed by atoms with Gasteiger partial charge in [-0.2, -0.15) is 0 Å². The number of aliphatic hydroxyl groups is 1. The highest BCUT2D eigenvalue weighted by molar-refractivity contribution is 5.68. The zero-order chi connectivity index (χ0) is 22.4. The van der Waals surface area contributed by atoms with Gasteiger partial charge < -0.3 is 9.84 Å². The van der Waals surface area contributed by atoms with Crippen molar-refractivity contribution in [1.82, 2.24) is 0 Å². The van der Waals surface area contributed by atoms with E-state index in [9.17, 15) is 9.90 Å². The Morgan fingerprint density at radius 1 is 1.10 bits per heavy atom. The van der Waals surface area contributed by atoms with Crippen LogP contribution in [0.3, 0.4) is 0 Å². The zero-order valence-corrected chi connectivity index (χ0v) is 20.7. The normalized spacial score (nSPS) is 44.6. The Bertz CT molecular complexity index is 707. The zero-order valence-electron chi connectivity index (χ0n) is 20.7. The first-order valence-electron chi connectivity index (χ1n) is 13.1. The lowest BCUT2D eigenvalue weighted by atomic mass is 9.44. The maximum atomic E-state index is 11.5. The van der Waals surface area contributed by atoms with Gasteiger partial charge in [0.25, 0.3) is 0 Å². The fraction of sp³-hybridized carbons (Fsp3) is 0.893. The number of aliphatic hydroxyl groups excluding tert-OH is 1. The molecule has 0 heterocycles. The summed E-state index contributed by atoms with van der Waals surface area (Å²) in [5.74, 6) is 5.53. The molecule has 31 heavy (non-hydrogen) atoms. The predicted molar refractivity (Wildman–Crippen MR) is 126 cm³/mol. The summed E-state index contributed by atoms with van der Waals surface area (Å²) in [5, 5.41) is 10.1. The van der Waals surface area contributed by atoms with E-state index in [-0.39, 0.29) is 5.97 Å². The van der Waals surface area contributed by atoms with Gasteiger partial charge in [0.05, 0.1) is 12.9 Å². The number of carbonyl (C=O) groups excluding carboxylic acids is 1. The van der Waals surface area contributed by atoms with E-state index in [1.54, 1.807) is 0 Å². The smallest absolute Gasteiger partial charge is 0.305 e. The molecular formula is C28H46O3. The molecule has 4 fully saturated rings. The molecule has 8 atom stereocenters. The van der Waals surface area contributed by atoms with Crippen LogP contribution in [0.2, 0.25) is 0 Å².